The van der Waals surface area contributed by atoms with Gasteiger partial charge in [-0.25, -0.2) is 0 Å². The summed E-state index contributed by atoms with van der Waals surface area (Å²) in [4.78, 5) is 0. The van der Waals surface area contributed by atoms with Crippen molar-refractivity contribution in [3.8, 4) is 0 Å². The third kappa shape index (κ3) is 1.79. The van der Waals surface area contributed by atoms with Gasteiger partial charge in [-0.2, -0.15) is 0 Å². The quantitative estimate of drug-likeness (QED) is 0.445. The zero-order valence-electron chi connectivity index (χ0n) is 15.1. The van der Waals surface area contributed by atoms with Crippen LogP contribution in [0.25, 0.3) is 0 Å². The van der Waals surface area contributed by atoms with Crippen LogP contribution in [0, 0.1) is 39.4 Å². The second-order valence-corrected chi connectivity index (χ2v) is 14.0. The Hall–Kier alpha value is 0.480. The Morgan fingerprint density at radius 2 is 1.17 bits per heavy atom. The minimum absolute atomic E-state index is 0.544. The van der Waals surface area contributed by atoms with Gasteiger partial charge in [0.25, 0.3) is 0 Å². The lowest BCUT2D eigenvalue weighted by Gasteiger charge is -2.75. The zero-order chi connectivity index (χ0) is 15.7. The summed E-state index contributed by atoms with van der Waals surface area (Å²) in [5.41, 5.74) is 2.84. The van der Waals surface area contributed by atoms with E-state index in [1.165, 1.54) is 19.3 Å². The standard InChI is InChI=1S/C22H33Br/c1-18-4-17-5-19(2,11-18)13-21(8-17,12-18)20-6-15-3-16(7-20)10-22(23,9-15)14-20/h15-17H,3-14H2,1-2H3. The van der Waals surface area contributed by atoms with Gasteiger partial charge in [0, 0.05) is 4.32 Å². The van der Waals surface area contributed by atoms with E-state index < -0.39 is 0 Å². The van der Waals surface area contributed by atoms with E-state index in [1.807, 2.05) is 0 Å². The highest BCUT2D eigenvalue weighted by Crippen LogP contribution is 2.80. The van der Waals surface area contributed by atoms with Gasteiger partial charge in [0.1, 0.15) is 0 Å². The molecule has 0 radical (unpaired) electrons. The van der Waals surface area contributed by atoms with Crippen molar-refractivity contribution in [1.82, 2.24) is 0 Å². The van der Waals surface area contributed by atoms with Gasteiger partial charge in [-0.05, 0) is 116 Å². The zero-order valence-corrected chi connectivity index (χ0v) is 16.7. The van der Waals surface area contributed by atoms with Crippen LogP contribution in [0.2, 0.25) is 0 Å². The van der Waals surface area contributed by atoms with Gasteiger partial charge in [0.15, 0.2) is 0 Å². The van der Waals surface area contributed by atoms with Crippen LogP contribution < -0.4 is 0 Å². The van der Waals surface area contributed by atoms with Crippen molar-refractivity contribution in [2.45, 2.75) is 95.2 Å². The molecule has 0 heterocycles. The Bertz CT molecular complexity index is 545. The smallest absolute Gasteiger partial charge is 0.0268 e. The lowest BCUT2D eigenvalue weighted by molar-refractivity contribution is -0.234. The second kappa shape index (κ2) is 3.91. The van der Waals surface area contributed by atoms with Gasteiger partial charge in [-0.1, -0.05) is 29.8 Å². The van der Waals surface area contributed by atoms with E-state index in [0.717, 1.165) is 28.6 Å². The summed E-state index contributed by atoms with van der Waals surface area (Å²) in [7, 11) is 0. The molecule has 8 aliphatic carbocycles. The van der Waals surface area contributed by atoms with E-state index in [2.05, 4.69) is 29.8 Å². The molecule has 128 valence electrons. The topological polar surface area (TPSA) is 0 Å². The monoisotopic (exact) mass is 376 g/mol. The summed E-state index contributed by atoms with van der Waals surface area (Å²) >= 11 is 4.30. The maximum Gasteiger partial charge on any atom is 0.0268 e. The molecule has 8 bridgehead atoms. The molecule has 8 fully saturated rings. The van der Waals surface area contributed by atoms with Crippen molar-refractivity contribution < 1.29 is 0 Å². The van der Waals surface area contributed by atoms with Crippen LogP contribution in [0.4, 0.5) is 0 Å². The van der Waals surface area contributed by atoms with Gasteiger partial charge in [-0.15, -0.1) is 0 Å². The fraction of sp³-hybridized carbons (Fsp3) is 1.00. The highest BCUT2D eigenvalue weighted by molar-refractivity contribution is 9.10. The maximum absolute atomic E-state index is 4.30. The van der Waals surface area contributed by atoms with Gasteiger partial charge in [0.05, 0.1) is 0 Å². The lowest BCUT2D eigenvalue weighted by atomic mass is 9.31. The third-order valence-corrected chi connectivity index (χ3v) is 10.7. The van der Waals surface area contributed by atoms with Gasteiger partial charge >= 0.3 is 0 Å². The number of alkyl halides is 1. The van der Waals surface area contributed by atoms with Crippen LogP contribution >= 0.6 is 15.9 Å². The van der Waals surface area contributed by atoms with E-state index >= 15 is 0 Å². The minimum atomic E-state index is 0.544. The Balaban J connectivity index is 1.48. The molecule has 1 heteroatoms. The second-order valence-electron chi connectivity index (χ2n) is 12.3. The predicted molar refractivity (Wildman–Crippen MR) is 98.6 cm³/mol. The maximum atomic E-state index is 4.30. The van der Waals surface area contributed by atoms with Crippen molar-refractivity contribution in [2.24, 2.45) is 39.4 Å². The molecule has 4 atom stereocenters. The molecule has 0 N–H and O–H groups in total. The van der Waals surface area contributed by atoms with Crippen LogP contribution in [0.3, 0.4) is 0 Å². The Kier molecular flexibility index (Phi) is 2.49. The predicted octanol–water partition coefficient (Wildman–Crippen LogP) is 6.72. The Morgan fingerprint density at radius 1 is 0.609 bits per heavy atom. The highest BCUT2D eigenvalue weighted by Gasteiger charge is 2.70. The van der Waals surface area contributed by atoms with Gasteiger partial charge < -0.3 is 0 Å². The van der Waals surface area contributed by atoms with Gasteiger partial charge in [-0.3, -0.25) is 0 Å². The summed E-state index contributed by atoms with van der Waals surface area (Å²) in [6.07, 6.45) is 18.8. The molecule has 0 aromatic carbocycles. The van der Waals surface area contributed by atoms with Crippen molar-refractivity contribution in [2.75, 3.05) is 0 Å². The lowest BCUT2D eigenvalue weighted by Crippen LogP contribution is -2.66. The van der Waals surface area contributed by atoms with Crippen molar-refractivity contribution in [1.29, 1.82) is 0 Å². The van der Waals surface area contributed by atoms with Crippen molar-refractivity contribution >= 4 is 15.9 Å². The normalized spacial score (nSPS) is 68.7. The van der Waals surface area contributed by atoms with E-state index in [0.29, 0.717) is 15.2 Å². The van der Waals surface area contributed by atoms with E-state index in [1.54, 1.807) is 57.8 Å². The molecule has 0 amide bonds. The van der Waals surface area contributed by atoms with Crippen LogP contribution in [0.15, 0.2) is 0 Å². The van der Waals surface area contributed by atoms with Crippen molar-refractivity contribution in [3.05, 3.63) is 0 Å². The van der Waals surface area contributed by atoms with Crippen LogP contribution in [-0.2, 0) is 0 Å². The number of halogens is 1. The van der Waals surface area contributed by atoms with E-state index in [4.69, 9.17) is 0 Å². The number of hydrogen-bond acceptors (Lipinski definition) is 0. The largest absolute Gasteiger partial charge is 0.0853 e. The molecule has 0 aliphatic heterocycles. The van der Waals surface area contributed by atoms with E-state index in [-0.39, 0.29) is 0 Å². The SMILES string of the molecule is CC12CC3CC(C)(C1)CC(C14CC5CC(CC(Br)(C5)C1)C4)(C3)C2. The van der Waals surface area contributed by atoms with E-state index in [9.17, 15) is 0 Å². The fourth-order valence-corrected chi connectivity index (χ4v) is 12.3. The summed E-state index contributed by atoms with van der Waals surface area (Å²) in [6.45, 7) is 5.35. The molecular weight excluding hydrogens is 344 g/mol. The summed E-state index contributed by atoms with van der Waals surface area (Å²) in [5.74, 6) is 3.19. The van der Waals surface area contributed by atoms with Crippen LogP contribution in [0.1, 0.15) is 90.9 Å². The van der Waals surface area contributed by atoms with Crippen molar-refractivity contribution in [3.63, 3.8) is 0 Å². The Labute approximate surface area is 150 Å². The summed E-state index contributed by atoms with van der Waals surface area (Å²) in [5, 5.41) is 0. The Morgan fingerprint density at radius 3 is 1.70 bits per heavy atom. The molecule has 0 nitrogen and oxygen atoms in total. The molecular formula is C22H33Br. The van der Waals surface area contributed by atoms with Crippen LogP contribution in [-0.4, -0.2) is 4.32 Å². The first-order valence-corrected chi connectivity index (χ1v) is 11.2. The molecule has 0 aromatic rings. The first-order chi connectivity index (χ1) is 10.7. The molecule has 0 spiro atoms. The molecule has 23 heavy (non-hydrogen) atoms. The molecule has 8 rings (SSSR count). The average Bonchev–Trinajstić information content (AvgIpc) is 2.30. The third-order valence-electron chi connectivity index (χ3n) is 9.74. The first-order valence-electron chi connectivity index (χ1n) is 10.4. The summed E-state index contributed by atoms with van der Waals surface area (Å²) in [6, 6.07) is 0. The van der Waals surface area contributed by atoms with Crippen LogP contribution in [0.5, 0.6) is 0 Å². The minimum Gasteiger partial charge on any atom is -0.0853 e. The number of hydrogen-bond donors (Lipinski definition) is 0. The average molecular weight is 377 g/mol. The molecule has 8 aliphatic rings. The summed E-state index contributed by atoms with van der Waals surface area (Å²) < 4.78 is 0.544. The van der Waals surface area contributed by atoms with Gasteiger partial charge in [0.2, 0.25) is 0 Å². The number of rotatable bonds is 1. The molecule has 0 saturated heterocycles. The highest BCUT2D eigenvalue weighted by atomic mass is 79.9. The molecule has 4 unspecified atom stereocenters. The molecule has 0 aromatic heterocycles. The molecule has 8 saturated carbocycles. The first kappa shape index (κ1) is 14.6. The fourth-order valence-electron chi connectivity index (χ4n) is 10.8.